The third kappa shape index (κ3) is 7.58. The van der Waals surface area contributed by atoms with Gasteiger partial charge in [-0.05, 0) is 57.5 Å². The molecule has 2 aromatic carbocycles. The maximum atomic E-state index is 12.5. The van der Waals surface area contributed by atoms with E-state index >= 15 is 0 Å². The number of carbonyl (C=O) groups excluding carboxylic acids is 1. The highest BCUT2D eigenvalue weighted by Gasteiger charge is 2.12. The van der Waals surface area contributed by atoms with Crippen LogP contribution >= 0.6 is 24.0 Å². The summed E-state index contributed by atoms with van der Waals surface area (Å²) in [5.41, 5.74) is 4.69. The number of hydrogen-bond donors (Lipinski definition) is 2. The number of amides is 1. The van der Waals surface area contributed by atoms with E-state index in [1.807, 2.05) is 74.2 Å². The van der Waals surface area contributed by atoms with Crippen molar-refractivity contribution in [2.24, 2.45) is 4.99 Å². The Morgan fingerprint density at radius 3 is 2.29 bits per heavy atom. The van der Waals surface area contributed by atoms with Crippen molar-refractivity contribution in [2.45, 2.75) is 40.8 Å². The Hall–Kier alpha value is -2.88. The zero-order valence-corrected chi connectivity index (χ0v) is 22.6. The normalized spacial score (nSPS) is 11.0. The third-order valence-electron chi connectivity index (χ3n) is 5.30. The second-order valence-electron chi connectivity index (χ2n) is 7.73. The first-order chi connectivity index (χ1) is 16.0. The summed E-state index contributed by atoms with van der Waals surface area (Å²) < 4.78 is 5.63. The molecule has 0 aliphatic rings. The fraction of sp³-hybridized carbons (Fsp3) is 0.346. The molecular formula is C26H34IN5O2. The second kappa shape index (κ2) is 13.7. The molecule has 0 radical (unpaired) electrons. The van der Waals surface area contributed by atoms with Gasteiger partial charge in [0, 0.05) is 30.8 Å². The van der Waals surface area contributed by atoms with Crippen LogP contribution < -0.4 is 10.6 Å². The molecule has 0 saturated heterocycles. The SMILES string of the molecule is CCNC(=NCc1ccc(C(=O)N(CC)CC)cc1)NCc1coc(-c2ccc(C)cc2)n1.I. The molecule has 2 N–H and O–H groups in total. The van der Waals surface area contributed by atoms with Crippen molar-refractivity contribution in [2.75, 3.05) is 19.6 Å². The van der Waals surface area contributed by atoms with Crippen molar-refractivity contribution in [3.05, 3.63) is 77.2 Å². The van der Waals surface area contributed by atoms with Crippen LogP contribution in [0.5, 0.6) is 0 Å². The van der Waals surface area contributed by atoms with Gasteiger partial charge < -0.3 is 20.0 Å². The summed E-state index contributed by atoms with van der Waals surface area (Å²) in [5, 5.41) is 6.54. The van der Waals surface area contributed by atoms with Gasteiger partial charge in [-0.25, -0.2) is 9.98 Å². The average molecular weight is 575 g/mol. The number of rotatable bonds is 9. The molecule has 0 atom stereocenters. The summed E-state index contributed by atoms with van der Waals surface area (Å²) in [4.78, 5) is 23.5. The van der Waals surface area contributed by atoms with Crippen LogP contribution in [-0.2, 0) is 13.1 Å². The Balaban J connectivity index is 0.00000408. The Labute approximate surface area is 219 Å². The maximum Gasteiger partial charge on any atom is 0.253 e. The molecule has 182 valence electrons. The molecule has 34 heavy (non-hydrogen) atoms. The van der Waals surface area contributed by atoms with E-state index in [4.69, 9.17) is 4.42 Å². The van der Waals surface area contributed by atoms with E-state index < -0.39 is 0 Å². The minimum absolute atomic E-state index is 0. The highest BCUT2D eigenvalue weighted by atomic mass is 127. The van der Waals surface area contributed by atoms with Gasteiger partial charge in [0.15, 0.2) is 5.96 Å². The molecule has 3 aromatic rings. The number of hydrogen-bond acceptors (Lipinski definition) is 4. The molecule has 0 aliphatic carbocycles. The molecule has 1 amide bonds. The van der Waals surface area contributed by atoms with E-state index in [0.29, 0.717) is 43.6 Å². The van der Waals surface area contributed by atoms with Gasteiger partial charge >= 0.3 is 0 Å². The van der Waals surface area contributed by atoms with Crippen molar-refractivity contribution < 1.29 is 9.21 Å². The fourth-order valence-electron chi connectivity index (χ4n) is 3.35. The lowest BCUT2D eigenvalue weighted by Gasteiger charge is -2.18. The van der Waals surface area contributed by atoms with Crippen LogP contribution in [0.3, 0.4) is 0 Å². The van der Waals surface area contributed by atoms with Gasteiger partial charge in [-0.15, -0.1) is 24.0 Å². The number of aryl methyl sites for hydroxylation is 1. The molecule has 0 fully saturated rings. The first-order valence-electron chi connectivity index (χ1n) is 11.5. The van der Waals surface area contributed by atoms with Crippen LogP contribution in [0, 0.1) is 6.92 Å². The number of guanidine groups is 1. The number of carbonyl (C=O) groups is 1. The summed E-state index contributed by atoms with van der Waals surface area (Å²) in [5.74, 6) is 1.36. The Kier molecular flexibility index (Phi) is 11.1. The Morgan fingerprint density at radius 2 is 1.68 bits per heavy atom. The van der Waals surface area contributed by atoms with Gasteiger partial charge in [-0.2, -0.15) is 0 Å². The topological polar surface area (TPSA) is 82.8 Å². The first-order valence-corrected chi connectivity index (χ1v) is 11.5. The van der Waals surface area contributed by atoms with E-state index in [0.717, 1.165) is 23.4 Å². The first kappa shape index (κ1) is 27.4. The average Bonchev–Trinajstić information content (AvgIpc) is 3.31. The number of nitrogens with one attached hydrogen (secondary N) is 2. The van der Waals surface area contributed by atoms with Gasteiger partial charge in [0.25, 0.3) is 5.91 Å². The number of nitrogens with zero attached hydrogens (tertiary/aromatic N) is 3. The van der Waals surface area contributed by atoms with Crippen molar-refractivity contribution in [3.8, 4) is 11.5 Å². The highest BCUT2D eigenvalue weighted by molar-refractivity contribution is 14.0. The summed E-state index contributed by atoms with van der Waals surface area (Å²) in [6.07, 6.45) is 1.66. The minimum Gasteiger partial charge on any atom is -0.444 e. The van der Waals surface area contributed by atoms with Crippen molar-refractivity contribution >= 4 is 35.8 Å². The molecule has 0 saturated carbocycles. The number of benzene rings is 2. The van der Waals surface area contributed by atoms with Gasteiger partial charge in [-0.3, -0.25) is 4.79 Å². The molecule has 0 bridgehead atoms. The zero-order chi connectivity index (χ0) is 23.6. The molecule has 3 rings (SSSR count). The van der Waals surface area contributed by atoms with Crippen molar-refractivity contribution in [3.63, 3.8) is 0 Å². The lowest BCUT2D eigenvalue weighted by molar-refractivity contribution is 0.0773. The standard InChI is InChI=1S/C26H33N5O2.HI/c1-5-27-26(28-16-20-10-14-22(15-11-20)25(32)31(6-2)7-3)29-17-23-18-33-24(30-23)21-12-8-19(4)9-13-21;/h8-15,18H,5-7,16-17H2,1-4H3,(H2,27,28,29);1H. The molecular weight excluding hydrogens is 541 g/mol. The molecule has 7 nitrogen and oxygen atoms in total. The van der Waals surface area contributed by atoms with Gasteiger partial charge in [-0.1, -0.05) is 29.8 Å². The van der Waals surface area contributed by atoms with Crippen LogP contribution in [0.1, 0.15) is 48.0 Å². The number of halogens is 1. The van der Waals surface area contributed by atoms with Crippen molar-refractivity contribution in [1.29, 1.82) is 0 Å². The largest absolute Gasteiger partial charge is 0.444 e. The third-order valence-corrected chi connectivity index (χ3v) is 5.30. The van der Waals surface area contributed by atoms with Gasteiger partial charge in [0.1, 0.15) is 6.26 Å². The summed E-state index contributed by atoms with van der Waals surface area (Å²) in [7, 11) is 0. The van der Waals surface area contributed by atoms with Crippen LogP contribution in [0.4, 0.5) is 0 Å². The van der Waals surface area contributed by atoms with Crippen LogP contribution in [0.25, 0.3) is 11.5 Å². The van der Waals surface area contributed by atoms with Crippen molar-refractivity contribution in [1.82, 2.24) is 20.5 Å². The van der Waals surface area contributed by atoms with E-state index in [9.17, 15) is 4.79 Å². The second-order valence-corrected chi connectivity index (χ2v) is 7.73. The number of aromatic nitrogens is 1. The maximum absolute atomic E-state index is 12.5. The molecule has 1 aromatic heterocycles. The monoisotopic (exact) mass is 575 g/mol. The van der Waals surface area contributed by atoms with E-state index in [1.165, 1.54) is 5.56 Å². The predicted molar refractivity (Wildman–Crippen MR) is 147 cm³/mol. The quantitative estimate of drug-likeness (QED) is 0.213. The fourth-order valence-corrected chi connectivity index (χ4v) is 3.35. The Morgan fingerprint density at radius 1 is 1.00 bits per heavy atom. The number of aliphatic imine (C=N–C) groups is 1. The van der Waals surface area contributed by atoms with E-state index in [2.05, 4.69) is 27.5 Å². The van der Waals surface area contributed by atoms with Gasteiger partial charge in [0.2, 0.25) is 5.89 Å². The molecule has 0 spiro atoms. The predicted octanol–water partition coefficient (Wildman–Crippen LogP) is 5.01. The zero-order valence-electron chi connectivity index (χ0n) is 20.3. The van der Waals surface area contributed by atoms with Crippen LogP contribution in [0.15, 0.2) is 64.2 Å². The molecule has 8 heteroatoms. The van der Waals surface area contributed by atoms with Crippen LogP contribution in [-0.4, -0.2) is 41.4 Å². The molecule has 0 unspecified atom stereocenters. The minimum atomic E-state index is 0. The smallest absolute Gasteiger partial charge is 0.253 e. The van der Waals surface area contributed by atoms with Gasteiger partial charge in [0.05, 0.1) is 18.8 Å². The van der Waals surface area contributed by atoms with Crippen LogP contribution in [0.2, 0.25) is 0 Å². The molecule has 1 heterocycles. The highest BCUT2D eigenvalue weighted by Crippen LogP contribution is 2.19. The molecule has 0 aliphatic heterocycles. The summed E-state index contributed by atoms with van der Waals surface area (Å²) in [6.45, 7) is 11.2. The summed E-state index contributed by atoms with van der Waals surface area (Å²) >= 11 is 0. The number of oxazole rings is 1. The lowest BCUT2D eigenvalue weighted by Crippen LogP contribution is -2.36. The van der Waals surface area contributed by atoms with E-state index in [1.54, 1.807) is 6.26 Å². The summed E-state index contributed by atoms with van der Waals surface area (Å²) in [6, 6.07) is 15.7. The van der Waals surface area contributed by atoms with E-state index in [-0.39, 0.29) is 29.9 Å². The lowest BCUT2D eigenvalue weighted by atomic mass is 10.1. The Bertz CT molecular complexity index is 1060.